The van der Waals surface area contributed by atoms with Crippen molar-refractivity contribution in [1.29, 1.82) is 0 Å². The van der Waals surface area contributed by atoms with Gasteiger partial charge in [-0.2, -0.15) is 4.99 Å². The lowest BCUT2D eigenvalue weighted by molar-refractivity contribution is 0.0992. The van der Waals surface area contributed by atoms with E-state index in [1.165, 1.54) is 6.20 Å². The molecular formula is C19H24N8O. The monoisotopic (exact) mass is 380 g/mol. The van der Waals surface area contributed by atoms with Crippen LogP contribution in [-0.4, -0.2) is 55.2 Å². The Labute approximate surface area is 163 Å². The number of rotatable bonds is 4. The highest BCUT2D eigenvalue weighted by Gasteiger charge is 2.13. The van der Waals surface area contributed by atoms with Crippen molar-refractivity contribution in [2.75, 3.05) is 19.4 Å². The van der Waals surface area contributed by atoms with Crippen molar-refractivity contribution in [3.05, 3.63) is 36.2 Å². The number of nitrogens with one attached hydrogen (secondary N) is 1. The Morgan fingerprint density at radius 2 is 1.96 bits per heavy atom. The molecule has 9 nitrogen and oxygen atoms in total. The maximum atomic E-state index is 12.3. The minimum absolute atomic E-state index is 0.0235. The number of nitrogens with zero attached hydrogens (tertiary/aromatic N) is 7. The standard InChI is InChI=1S/C19H24N8O/c1-11(2)27-13(4)22-14-10-21-17(9-15(14)27)24-16-7-8-20-18(25-16)19(28)23-12(3)26(5)6/h7-11H,1-6H3,(H,20,21,24,25)/b23-12-. The first kappa shape index (κ1) is 19.4. The molecule has 28 heavy (non-hydrogen) atoms. The second-order valence-corrected chi connectivity index (χ2v) is 6.93. The summed E-state index contributed by atoms with van der Waals surface area (Å²) >= 11 is 0. The van der Waals surface area contributed by atoms with E-state index >= 15 is 0 Å². The van der Waals surface area contributed by atoms with Crippen molar-refractivity contribution in [2.24, 2.45) is 4.99 Å². The van der Waals surface area contributed by atoms with Gasteiger partial charge in [0.05, 0.1) is 11.7 Å². The number of aliphatic imine (C=N–C) groups is 1. The zero-order valence-electron chi connectivity index (χ0n) is 16.9. The first-order chi connectivity index (χ1) is 13.3. The number of fused-ring (bicyclic) bond motifs is 1. The van der Waals surface area contributed by atoms with Crippen LogP contribution < -0.4 is 5.32 Å². The molecule has 0 unspecified atom stereocenters. The second-order valence-electron chi connectivity index (χ2n) is 6.93. The molecule has 0 aromatic carbocycles. The fourth-order valence-corrected chi connectivity index (χ4v) is 2.80. The van der Waals surface area contributed by atoms with E-state index in [4.69, 9.17) is 0 Å². The first-order valence-corrected chi connectivity index (χ1v) is 8.98. The van der Waals surface area contributed by atoms with Crippen LogP contribution in [0, 0.1) is 6.92 Å². The third kappa shape index (κ3) is 3.98. The molecule has 0 aliphatic carbocycles. The van der Waals surface area contributed by atoms with Gasteiger partial charge in [-0.25, -0.2) is 19.9 Å². The predicted octanol–water partition coefficient (Wildman–Crippen LogP) is 2.97. The average Bonchev–Trinajstić information content (AvgIpc) is 2.97. The lowest BCUT2D eigenvalue weighted by atomic mass is 10.3. The minimum atomic E-state index is -0.494. The van der Waals surface area contributed by atoms with Crippen LogP contribution in [0.1, 0.15) is 43.3 Å². The molecular weight excluding hydrogens is 356 g/mol. The predicted molar refractivity (Wildman–Crippen MR) is 109 cm³/mol. The van der Waals surface area contributed by atoms with E-state index in [-0.39, 0.29) is 11.9 Å². The van der Waals surface area contributed by atoms with Gasteiger partial charge in [0.2, 0.25) is 5.82 Å². The van der Waals surface area contributed by atoms with Gasteiger partial charge in [-0.1, -0.05) is 0 Å². The number of anilines is 2. The summed E-state index contributed by atoms with van der Waals surface area (Å²) in [5.41, 5.74) is 1.82. The molecule has 1 amide bonds. The Morgan fingerprint density at radius 1 is 1.21 bits per heavy atom. The molecule has 3 aromatic heterocycles. The van der Waals surface area contributed by atoms with Gasteiger partial charge < -0.3 is 14.8 Å². The van der Waals surface area contributed by atoms with Crippen LogP contribution in [0.4, 0.5) is 11.6 Å². The van der Waals surface area contributed by atoms with E-state index < -0.39 is 5.91 Å². The lowest BCUT2D eigenvalue weighted by Gasteiger charge is -2.11. The van der Waals surface area contributed by atoms with Crippen LogP contribution in [0.25, 0.3) is 11.0 Å². The fraction of sp³-hybridized carbons (Fsp3) is 0.368. The zero-order chi connectivity index (χ0) is 20.4. The smallest absolute Gasteiger partial charge is 0.316 e. The molecule has 0 bridgehead atoms. The van der Waals surface area contributed by atoms with Gasteiger partial charge in [-0.3, -0.25) is 4.79 Å². The largest absolute Gasteiger partial charge is 0.366 e. The topological polar surface area (TPSA) is 101 Å². The van der Waals surface area contributed by atoms with Crippen molar-refractivity contribution in [3.63, 3.8) is 0 Å². The average molecular weight is 380 g/mol. The third-order valence-electron chi connectivity index (χ3n) is 4.28. The maximum Gasteiger partial charge on any atom is 0.316 e. The van der Waals surface area contributed by atoms with Gasteiger partial charge in [0.1, 0.15) is 28.8 Å². The van der Waals surface area contributed by atoms with Crippen LogP contribution in [-0.2, 0) is 0 Å². The van der Waals surface area contributed by atoms with Crippen LogP contribution in [0.5, 0.6) is 0 Å². The summed E-state index contributed by atoms with van der Waals surface area (Å²) in [6.45, 7) is 7.95. The van der Waals surface area contributed by atoms with E-state index in [1.807, 2.05) is 27.1 Å². The normalized spacial score (nSPS) is 11.9. The van der Waals surface area contributed by atoms with Crippen molar-refractivity contribution < 1.29 is 4.79 Å². The van der Waals surface area contributed by atoms with Gasteiger partial charge in [0.25, 0.3) is 0 Å². The molecule has 0 saturated heterocycles. The quantitative estimate of drug-likeness (QED) is 0.548. The van der Waals surface area contributed by atoms with Crippen molar-refractivity contribution >= 4 is 34.4 Å². The molecule has 3 aromatic rings. The number of amides is 1. The summed E-state index contributed by atoms with van der Waals surface area (Å²) in [5.74, 6) is 2.13. The third-order valence-corrected chi connectivity index (χ3v) is 4.28. The highest BCUT2D eigenvalue weighted by Crippen LogP contribution is 2.23. The van der Waals surface area contributed by atoms with Crippen LogP contribution in [0.15, 0.2) is 29.5 Å². The second kappa shape index (κ2) is 7.71. The Balaban J connectivity index is 1.89. The summed E-state index contributed by atoms with van der Waals surface area (Å²) in [5, 5.41) is 3.13. The van der Waals surface area contributed by atoms with E-state index in [0.29, 0.717) is 17.5 Å². The molecule has 3 rings (SSSR count). The first-order valence-electron chi connectivity index (χ1n) is 8.98. The lowest BCUT2D eigenvalue weighted by Crippen LogP contribution is -2.20. The number of aryl methyl sites for hydroxylation is 1. The summed E-state index contributed by atoms with van der Waals surface area (Å²) < 4.78 is 2.15. The number of hydrogen-bond acceptors (Lipinski definition) is 6. The number of amidine groups is 1. The van der Waals surface area contributed by atoms with Gasteiger partial charge >= 0.3 is 5.91 Å². The SMILES string of the molecule is C/C(=N/C(=O)c1nccc(Nc2cc3c(cn2)nc(C)n3C(C)C)n1)N(C)C. The van der Waals surface area contributed by atoms with Gasteiger partial charge in [-0.15, -0.1) is 0 Å². The molecule has 0 atom stereocenters. The van der Waals surface area contributed by atoms with E-state index in [9.17, 15) is 4.79 Å². The fourth-order valence-electron chi connectivity index (χ4n) is 2.80. The highest BCUT2D eigenvalue weighted by molar-refractivity contribution is 6.00. The number of hydrogen-bond donors (Lipinski definition) is 1. The number of pyridine rings is 1. The summed E-state index contributed by atoms with van der Waals surface area (Å²) in [6, 6.07) is 3.88. The number of carbonyl (C=O) groups is 1. The molecule has 1 N–H and O–H groups in total. The van der Waals surface area contributed by atoms with Crippen molar-refractivity contribution in [1.82, 2.24) is 29.4 Å². The Hall–Kier alpha value is -3.36. The van der Waals surface area contributed by atoms with Crippen LogP contribution in [0.3, 0.4) is 0 Å². The number of aromatic nitrogens is 5. The molecule has 3 heterocycles. The zero-order valence-corrected chi connectivity index (χ0v) is 16.9. The molecule has 0 spiro atoms. The van der Waals surface area contributed by atoms with Gasteiger partial charge in [0, 0.05) is 32.4 Å². The number of carbonyl (C=O) groups excluding carboxylic acids is 1. The minimum Gasteiger partial charge on any atom is -0.366 e. The highest BCUT2D eigenvalue weighted by atomic mass is 16.1. The Bertz CT molecular complexity index is 1050. The van der Waals surface area contributed by atoms with Gasteiger partial charge in [0.15, 0.2) is 0 Å². The molecule has 0 radical (unpaired) electrons. The Kier molecular flexibility index (Phi) is 5.34. The Morgan fingerprint density at radius 3 is 2.64 bits per heavy atom. The molecule has 0 fully saturated rings. The van der Waals surface area contributed by atoms with E-state index in [2.05, 4.69) is 48.7 Å². The van der Waals surface area contributed by atoms with Crippen molar-refractivity contribution in [2.45, 2.75) is 33.7 Å². The molecule has 0 saturated carbocycles. The van der Waals surface area contributed by atoms with E-state index in [0.717, 1.165) is 16.9 Å². The molecule has 146 valence electrons. The van der Waals surface area contributed by atoms with Crippen molar-refractivity contribution in [3.8, 4) is 0 Å². The summed E-state index contributed by atoms with van der Waals surface area (Å²) in [7, 11) is 3.63. The summed E-state index contributed by atoms with van der Waals surface area (Å²) in [4.78, 5) is 35.2. The van der Waals surface area contributed by atoms with Gasteiger partial charge in [-0.05, 0) is 33.8 Å². The molecule has 9 heteroatoms. The maximum absolute atomic E-state index is 12.3. The summed E-state index contributed by atoms with van der Waals surface area (Å²) in [6.07, 6.45) is 3.24. The van der Waals surface area contributed by atoms with Crippen LogP contribution in [0.2, 0.25) is 0 Å². The van der Waals surface area contributed by atoms with E-state index in [1.54, 1.807) is 24.1 Å². The number of imidazole rings is 1. The molecule has 0 aliphatic heterocycles. The molecule has 0 aliphatic rings. The van der Waals surface area contributed by atoms with Crippen LogP contribution >= 0.6 is 0 Å².